The molecule has 0 aromatic carbocycles. The normalized spacial score (nSPS) is 34.9. The highest BCUT2D eigenvalue weighted by Crippen LogP contribution is 2.68. The van der Waals surface area contributed by atoms with Crippen molar-refractivity contribution in [3.63, 3.8) is 0 Å². The molecule has 3 heterocycles. The lowest BCUT2D eigenvalue weighted by Gasteiger charge is -2.42. The number of aryl methyl sites for hydroxylation is 1. The van der Waals surface area contributed by atoms with Crippen LogP contribution in [-0.4, -0.2) is 32.4 Å². The van der Waals surface area contributed by atoms with Crippen molar-refractivity contribution >= 4 is 44.5 Å². The standard InChI is InChI=1S/C13H16BrIN2O3/c1-3-19-11(18)13-5-12(6-13,7-15)20-10(13)9-8(14)4-17(2)16-9/h4,10H,3,5-7H2,1-2H3. The fourth-order valence-corrected chi connectivity index (χ4v) is 4.66. The minimum atomic E-state index is -0.557. The fourth-order valence-electron chi connectivity index (χ4n) is 3.35. The van der Waals surface area contributed by atoms with Crippen LogP contribution in [0.5, 0.6) is 0 Å². The van der Waals surface area contributed by atoms with Crippen molar-refractivity contribution in [2.75, 3.05) is 11.0 Å². The van der Waals surface area contributed by atoms with Crippen LogP contribution in [0.25, 0.3) is 0 Å². The second-order valence-electron chi connectivity index (χ2n) is 5.58. The Bertz CT molecular complexity index is 554. The Hall–Kier alpha value is -0.150. The number of hydrogen-bond donors (Lipinski definition) is 0. The Morgan fingerprint density at radius 3 is 2.90 bits per heavy atom. The molecule has 2 aliphatic heterocycles. The lowest BCUT2D eigenvalue weighted by Crippen LogP contribution is -2.50. The molecule has 1 aliphatic carbocycles. The van der Waals surface area contributed by atoms with Crippen LogP contribution in [0.3, 0.4) is 0 Å². The molecule has 3 fully saturated rings. The zero-order chi connectivity index (χ0) is 14.5. The summed E-state index contributed by atoms with van der Waals surface area (Å²) in [4.78, 5) is 12.4. The minimum absolute atomic E-state index is 0.152. The van der Waals surface area contributed by atoms with Crippen molar-refractivity contribution in [3.8, 4) is 0 Å². The first-order valence-corrected chi connectivity index (χ1v) is 8.88. The monoisotopic (exact) mass is 454 g/mol. The first-order valence-electron chi connectivity index (χ1n) is 6.56. The Labute approximate surface area is 139 Å². The van der Waals surface area contributed by atoms with Crippen LogP contribution < -0.4 is 0 Å². The molecule has 1 aromatic heterocycles. The number of carbonyl (C=O) groups is 1. The number of rotatable bonds is 4. The van der Waals surface area contributed by atoms with Gasteiger partial charge in [-0.25, -0.2) is 0 Å². The van der Waals surface area contributed by atoms with E-state index in [1.165, 1.54) is 0 Å². The van der Waals surface area contributed by atoms with E-state index in [0.29, 0.717) is 6.61 Å². The maximum Gasteiger partial charge on any atom is 0.315 e. The zero-order valence-electron chi connectivity index (χ0n) is 11.4. The Balaban J connectivity index is 1.97. The molecule has 0 radical (unpaired) electrons. The molecule has 110 valence electrons. The topological polar surface area (TPSA) is 53.4 Å². The van der Waals surface area contributed by atoms with E-state index in [-0.39, 0.29) is 17.7 Å². The number of hydrogen-bond acceptors (Lipinski definition) is 4. The van der Waals surface area contributed by atoms with Gasteiger partial charge in [0.15, 0.2) is 0 Å². The van der Waals surface area contributed by atoms with Crippen LogP contribution in [0.4, 0.5) is 0 Å². The van der Waals surface area contributed by atoms with Crippen LogP contribution in [0.2, 0.25) is 0 Å². The summed E-state index contributed by atoms with van der Waals surface area (Å²) < 4.78 is 15.0. The summed E-state index contributed by atoms with van der Waals surface area (Å²) >= 11 is 5.83. The zero-order valence-corrected chi connectivity index (χ0v) is 15.1. The summed E-state index contributed by atoms with van der Waals surface area (Å²) in [7, 11) is 1.86. The highest BCUT2D eigenvalue weighted by Gasteiger charge is 2.72. The van der Waals surface area contributed by atoms with Crippen LogP contribution in [0.1, 0.15) is 31.6 Å². The molecule has 2 saturated heterocycles. The van der Waals surface area contributed by atoms with E-state index >= 15 is 0 Å². The maximum absolute atomic E-state index is 12.4. The van der Waals surface area contributed by atoms with Gasteiger partial charge in [-0.05, 0) is 35.7 Å². The molecule has 1 saturated carbocycles. The van der Waals surface area contributed by atoms with Gasteiger partial charge in [0.1, 0.15) is 17.2 Å². The molecule has 0 N–H and O–H groups in total. The van der Waals surface area contributed by atoms with E-state index in [9.17, 15) is 4.79 Å². The van der Waals surface area contributed by atoms with Gasteiger partial charge in [0.05, 0.1) is 16.7 Å². The predicted octanol–water partition coefficient (Wildman–Crippen LogP) is 2.77. The van der Waals surface area contributed by atoms with Crippen LogP contribution in [-0.2, 0) is 21.3 Å². The van der Waals surface area contributed by atoms with Crippen molar-refractivity contribution in [1.82, 2.24) is 9.78 Å². The smallest absolute Gasteiger partial charge is 0.315 e. The molecular weight excluding hydrogens is 439 g/mol. The second kappa shape index (κ2) is 4.95. The molecule has 7 heteroatoms. The van der Waals surface area contributed by atoms with Crippen molar-refractivity contribution in [1.29, 1.82) is 0 Å². The minimum Gasteiger partial charge on any atom is -0.465 e. The number of halogens is 2. The quantitative estimate of drug-likeness (QED) is 0.399. The molecular formula is C13H16BrIN2O3. The number of nitrogens with zero attached hydrogens (tertiary/aromatic N) is 2. The summed E-state index contributed by atoms with van der Waals surface area (Å²) in [6.07, 6.45) is 3.03. The largest absolute Gasteiger partial charge is 0.465 e. The Morgan fingerprint density at radius 1 is 1.70 bits per heavy atom. The molecule has 4 rings (SSSR count). The highest BCUT2D eigenvalue weighted by atomic mass is 127. The Kier molecular flexibility index (Phi) is 3.65. The second-order valence-corrected chi connectivity index (χ2v) is 7.20. The number of alkyl halides is 1. The lowest BCUT2D eigenvalue weighted by atomic mass is 9.60. The SMILES string of the molecule is CCOC(=O)C12CC(CI)(C1)OC2c1nn(C)cc1Br. The van der Waals surface area contributed by atoms with Gasteiger partial charge in [0, 0.05) is 17.7 Å². The molecule has 1 atom stereocenters. The van der Waals surface area contributed by atoms with Gasteiger partial charge >= 0.3 is 5.97 Å². The average Bonchev–Trinajstić information content (AvgIpc) is 2.97. The molecule has 0 spiro atoms. The maximum atomic E-state index is 12.4. The van der Waals surface area contributed by atoms with Gasteiger partial charge in [-0.3, -0.25) is 9.48 Å². The molecule has 20 heavy (non-hydrogen) atoms. The van der Waals surface area contributed by atoms with E-state index in [2.05, 4.69) is 43.6 Å². The molecule has 1 unspecified atom stereocenters. The van der Waals surface area contributed by atoms with Crippen LogP contribution >= 0.6 is 38.5 Å². The van der Waals surface area contributed by atoms with E-state index in [1.807, 2.05) is 20.2 Å². The van der Waals surface area contributed by atoms with Crippen LogP contribution in [0, 0.1) is 5.41 Å². The summed E-state index contributed by atoms with van der Waals surface area (Å²) in [5.41, 5.74) is 0.0530. The van der Waals surface area contributed by atoms with Crippen molar-refractivity contribution in [3.05, 3.63) is 16.4 Å². The highest BCUT2D eigenvalue weighted by molar-refractivity contribution is 14.1. The summed E-state index contributed by atoms with van der Waals surface area (Å²) in [5, 5.41) is 4.46. The molecule has 0 amide bonds. The van der Waals surface area contributed by atoms with E-state index < -0.39 is 5.41 Å². The number of fused-ring (bicyclic) bond motifs is 1. The number of carbonyl (C=O) groups excluding carboxylic acids is 1. The van der Waals surface area contributed by atoms with Gasteiger partial charge in [-0.1, -0.05) is 22.6 Å². The summed E-state index contributed by atoms with van der Waals surface area (Å²) in [5.74, 6) is -0.152. The van der Waals surface area contributed by atoms with E-state index in [4.69, 9.17) is 9.47 Å². The summed E-state index contributed by atoms with van der Waals surface area (Å²) in [6.45, 7) is 2.23. The van der Waals surface area contributed by atoms with Gasteiger partial charge in [-0.15, -0.1) is 0 Å². The van der Waals surface area contributed by atoms with Crippen molar-refractivity contribution in [2.45, 2.75) is 31.5 Å². The van der Waals surface area contributed by atoms with E-state index in [0.717, 1.165) is 27.4 Å². The molecule has 3 aliphatic rings. The molecule has 1 aromatic rings. The predicted molar refractivity (Wildman–Crippen MR) is 84.7 cm³/mol. The van der Waals surface area contributed by atoms with Crippen LogP contribution in [0.15, 0.2) is 10.7 Å². The molecule has 2 bridgehead atoms. The van der Waals surface area contributed by atoms with Crippen molar-refractivity contribution < 1.29 is 14.3 Å². The summed E-state index contributed by atoms with van der Waals surface area (Å²) in [6, 6.07) is 0. The number of esters is 1. The number of ether oxygens (including phenoxy) is 2. The van der Waals surface area contributed by atoms with Gasteiger partial charge in [-0.2, -0.15) is 5.10 Å². The fraction of sp³-hybridized carbons (Fsp3) is 0.692. The third-order valence-corrected chi connectivity index (χ3v) is 6.13. The third kappa shape index (κ3) is 1.96. The Morgan fingerprint density at radius 2 is 2.40 bits per heavy atom. The van der Waals surface area contributed by atoms with Gasteiger partial charge in [0.2, 0.25) is 0 Å². The third-order valence-electron chi connectivity index (χ3n) is 4.13. The van der Waals surface area contributed by atoms with Crippen molar-refractivity contribution in [2.24, 2.45) is 12.5 Å². The molecule has 5 nitrogen and oxygen atoms in total. The lowest BCUT2D eigenvalue weighted by molar-refractivity contribution is -0.161. The first-order chi connectivity index (χ1) is 9.46. The average molecular weight is 455 g/mol. The van der Waals surface area contributed by atoms with Gasteiger partial charge < -0.3 is 9.47 Å². The van der Waals surface area contributed by atoms with Gasteiger partial charge in [0.25, 0.3) is 0 Å². The van der Waals surface area contributed by atoms with E-state index in [1.54, 1.807) is 4.68 Å². The first kappa shape index (κ1) is 14.8. The number of aromatic nitrogens is 2.